The van der Waals surface area contributed by atoms with Gasteiger partial charge in [-0.05, 0) is 31.0 Å². The highest BCUT2D eigenvalue weighted by Gasteiger charge is 2.36. The number of nitrogens with zero attached hydrogens (tertiary/aromatic N) is 2. The van der Waals surface area contributed by atoms with Crippen LogP contribution >= 0.6 is 0 Å². The Balaban J connectivity index is 1.77. The number of ether oxygens (including phenoxy) is 2. The van der Waals surface area contributed by atoms with Crippen LogP contribution < -0.4 is 19.7 Å². The molecule has 0 aromatic heterocycles. The molecule has 0 bridgehead atoms. The van der Waals surface area contributed by atoms with Gasteiger partial charge in [0.25, 0.3) is 5.69 Å². The Hall–Kier alpha value is -3.29. The first-order valence-corrected chi connectivity index (χ1v) is 9.71. The Bertz CT molecular complexity index is 912. The Morgan fingerprint density at radius 2 is 1.83 bits per heavy atom. The smallest absolute Gasteiger partial charge is 0.279 e. The molecule has 4 rings (SSSR count). The van der Waals surface area contributed by atoms with Crippen LogP contribution in [-0.2, 0) is 4.79 Å². The molecule has 2 aromatic rings. The molecule has 1 heterocycles. The van der Waals surface area contributed by atoms with E-state index in [1.54, 1.807) is 18.0 Å². The molecule has 0 saturated heterocycles. The van der Waals surface area contributed by atoms with Gasteiger partial charge in [0, 0.05) is 18.8 Å². The van der Waals surface area contributed by atoms with E-state index >= 15 is 0 Å². The Morgan fingerprint density at radius 1 is 1.17 bits per heavy atom. The highest BCUT2D eigenvalue weighted by atomic mass is 16.7. The molecule has 2 aliphatic rings. The van der Waals surface area contributed by atoms with Crippen molar-refractivity contribution in [1.29, 1.82) is 0 Å². The molecular weight excluding hydrogens is 374 g/mol. The quantitative estimate of drug-likeness (QED) is 0.592. The van der Waals surface area contributed by atoms with Crippen LogP contribution in [0.1, 0.15) is 37.3 Å². The van der Waals surface area contributed by atoms with E-state index < -0.39 is 11.0 Å². The number of benzene rings is 2. The molecule has 1 aliphatic heterocycles. The molecule has 1 amide bonds. The van der Waals surface area contributed by atoms with E-state index in [2.05, 4.69) is 5.32 Å². The van der Waals surface area contributed by atoms with Crippen LogP contribution in [0.3, 0.4) is 0 Å². The molecule has 0 radical (unpaired) electrons. The van der Waals surface area contributed by atoms with Gasteiger partial charge in [0.2, 0.25) is 12.7 Å². The van der Waals surface area contributed by atoms with Crippen molar-refractivity contribution in [2.24, 2.45) is 0 Å². The number of anilines is 1. The SMILES string of the molecule is CN(c1ccccc1)[C@@H](C(=O)NC1CCCC1)c1cc2c(cc1[N+](=O)[O-])OCO2. The molecular formula is C21H23N3O5. The number of carbonyl (C=O) groups excluding carboxylic acids is 1. The van der Waals surface area contributed by atoms with Crippen molar-refractivity contribution in [2.45, 2.75) is 37.8 Å². The van der Waals surface area contributed by atoms with Gasteiger partial charge in [-0.15, -0.1) is 0 Å². The maximum absolute atomic E-state index is 13.3. The van der Waals surface area contributed by atoms with Crippen LogP contribution in [0.2, 0.25) is 0 Å². The highest BCUT2D eigenvalue weighted by molar-refractivity contribution is 5.88. The molecule has 0 unspecified atom stereocenters. The summed E-state index contributed by atoms with van der Waals surface area (Å²) in [5.74, 6) is 0.466. The molecule has 1 atom stereocenters. The summed E-state index contributed by atoms with van der Waals surface area (Å²) in [4.78, 5) is 26.4. The van der Waals surface area contributed by atoms with Gasteiger partial charge in [-0.3, -0.25) is 14.9 Å². The van der Waals surface area contributed by atoms with Gasteiger partial charge in [-0.1, -0.05) is 31.0 Å². The van der Waals surface area contributed by atoms with Crippen molar-refractivity contribution in [3.05, 3.63) is 58.1 Å². The maximum atomic E-state index is 13.3. The number of para-hydroxylation sites is 1. The van der Waals surface area contributed by atoms with Gasteiger partial charge in [-0.2, -0.15) is 0 Å². The number of hydrogen-bond acceptors (Lipinski definition) is 6. The van der Waals surface area contributed by atoms with Crippen LogP contribution in [0.15, 0.2) is 42.5 Å². The third-order valence-corrected chi connectivity index (χ3v) is 5.51. The van der Waals surface area contributed by atoms with Crippen LogP contribution in [0.25, 0.3) is 0 Å². The topological polar surface area (TPSA) is 93.9 Å². The van der Waals surface area contributed by atoms with Crippen molar-refractivity contribution in [3.8, 4) is 11.5 Å². The molecule has 1 aliphatic carbocycles. The van der Waals surface area contributed by atoms with E-state index in [1.807, 2.05) is 30.3 Å². The summed E-state index contributed by atoms with van der Waals surface area (Å²) in [5.41, 5.74) is 0.899. The zero-order valence-corrected chi connectivity index (χ0v) is 16.2. The number of amides is 1. The van der Waals surface area contributed by atoms with Crippen LogP contribution in [0.4, 0.5) is 11.4 Å². The van der Waals surface area contributed by atoms with Crippen LogP contribution in [-0.4, -0.2) is 30.7 Å². The van der Waals surface area contributed by atoms with Gasteiger partial charge in [0.1, 0.15) is 6.04 Å². The summed E-state index contributed by atoms with van der Waals surface area (Å²) >= 11 is 0. The minimum Gasteiger partial charge on any atom is -0.454 e. The molecule has 1 fully saturated rings. The molecule has 0 spiro atoms. The first-order chi connectivity index (χ1) is 14.0. The zero-order chi connectivity index (χ0) is 20.4. The summed E-state index contributed by atoms with van der Waals surface area (Å²) < 4.78 is 10.7. The molecule has 152 valence electrons. The minimum atomic E-state index is -0.882. The minimum absolute atomic E-state index is 0.00338. The number of nitrogens with one attached hydrogen (secondary N) is 1. The monoisotopic (exact) mass is 397 g/mol. The maximum Gasteiger partial charge on any atom is 0.279 e. The van der Waals surface area contributed by atoms with Gasteiger partial charge in [0.05, 0.1) is 16.6 Å². The number of carbonyl (C=O) groups is 1. The summed E-state index contributed by atoms with van der Waals surface area (Å²) in [6.07, 6.45) is 4.01. The average molecular weight is 397 g/mol. The predicted octanol–water partition coefficient (Wildman–Crippen LogP) is 3.56. The Morgan fingerprint density at radius 3 is 2.48 bits per heavy atom. The standard InChI is InChI=1S/C21H23N3O5/c1-23(15-9-3-2-4-10-15)20(21(25)22-14-7-5-6-8-14)16-11-18-19(29-13-28-18)12-17(16)24(26)27/h2-4,9-12,14,20H,5-8,13H2,1H3,(H,22,25)/t20-/m1/s1. The molecule has 1 N–H and O–H groups in total. The van der Waals surface area contributed by atoms with E-state index in [9.17, 15) is 14.9 Å². The number of nitro benzene ring substituents is 1. The van der Waals surface area contributed by atoms with Crippen molar-refractivity contribution < 1.29 is 19.2 Å². The fourth-order valence-corrected chi connectivity index (χ4v) is 4.01. The highest BCUT2D eigenvalue weighted by Crippen LogP contribution is 2.42. The Labute approximate surface area is 168 Å². The largest absolute Gasteiger partial charge is 0.454 e. The molecule has 8 nitrogen and oxygen atoms in total. The van der Waals surface area contributed by atoms with Gasteiger partial charge >= 0.3 is 0 Å². The first kappa shape index (κ1) is 19.0. The van der Waals surface area contributed by atoms with Crippen molar-refractivity contribution in [2.75, 3.05) is 18.7 Å². The van der Waals surface area contributed by atoms with E-state index in [4.69, 9.17) is 9.47 Å². The fraction of sp³-hybridized carbons (Fsp3) is 0.381. The molecule has 2 aromatic carbocycles. The number of rotatable bonds is 6. The van der Waals surface area contributed by atoms with Gasteiger partial charge in [-0.25, -0.2) is 0 Å². The molecule has 1 saturated carbocycles. The van der Waals surface area contributed by atoms with Crippen LogP contribution in [0, 0.1) is 10.1 Å². The third-order valence-electron chi connectivity index (χ3n) is 5.51. The summed E-state index contributed by atoms with van der Waals surface area (Å²) in [6, 6.07) is 11.5. The van der Waals surface area contributed by atoms with E-state index in [0.717, 1.165) is 31.4 Å². The second-order valence-electron chi connectivity index (χ2n) is 7.36. The second-order valence-corrected chi connectivity index (χ2v) is 7.36. The van der Waals surface area contributed by atoms with E-state index in [-0.39, 0.29) is 30.0 Å². The number of hydrogen-bond donors (Lipinski definition) is 1. The normalized spacial score (nSPS) is 16.4. The third kappa shape index (κ3) is 3.83. The molecule has 8 heteroatoms. The average Bonchev–Trinajstić information content (AvgIpc) is 3.39. The summed E-state index contributed by atoms with van der Waals surface area (Å²) in [6.45, 7) is 0.00338. The summed E-state index contributed by atoms with van der Waals surface area (Å²) in [5, 5.41) is 14.9. The number of fused-ring (bicyclic) bond motifs is 1. The molecule has 29 heavy (non-hydrogen) atoms. The number of likely N-dealkylation sites (N-methyl/N-ethyl adjacent to an activating group) is 1. The lowest BCUT2D eigenvalue weighted by atomic mass is 10.00. The second kappa shape index (κ2) is 7.98. The van der Waals surface area contributed by atoms with E-state index in [0.29, 0.717) is 11.5 Å². The lowest BCUT2D eigenvalue weighted by molar-refractivity contribution is -0.385. The first-order valence-electron chi connectivity index (χ1n) is 9.71. The van der Waals surface area contributed by atoms with Crippen molar-refractivity contribution in [3.63, 3.8) is 0 Å². The van der Waals surface area contributed by atoms with Gasteiger partial charge < -0.3 is 19.7 Å². The predicted molar refractivity (Wildman–Crippen MR) is 107 cm³/mol. The fourth-order valence-electron chi connectivity index (χ4n) is 4.01. The van der Waals surface area contributed by atoms with Crippen LogP contribution in [0.5, 0.6) is 11.5 Å². The summed E-state index contributed by atoms with van der Waals surface area (Å²) in [7, 11) is 1.77. The Kier molecular flexibility index (Phi) is 5.24. The number of nitro groups is 1. The zero-order valence-electron chi connectivity index (χ0n) is 16.2. The van der Waals surface area contributed by atoms with E-state index in [1.165, 1.54) is 6.07 Å². The van der Waals surface area contributed by atoms with Crippen molar-refractivity contribution in [1.82, 2.24) is 5.32 Å². The van der Waals surface area contributed by atoms with Gasteiger partial charge in [0.15, 0.2) is 11.5 Å². The lowest BCUT2D eigenvalue weighted by Crippen LogP contribution is -2.42. The lowest BCUT2D eigenvalue weighted by Gasteiger charge is -2.30. The van der Waals surface area contributed by atoms with Crippen molar-refractivity contribution >= 4 is 17.3 Å².